The Morgan fingerprint density at radius 2 is 2.22 bits per heavy atom. The first-order valence-corrected chi connectivity index (χ1v) is 6.42. The fraction of sp³-hybridized carbons (Fsp3) is 0.500. The monoisotopic (exact) mass is 248 g/mol. The van der Waals surface area contributed by atoms with Crippen LogP contribution in [0.4, 0.5) is 0 Å². The highest BCUT2D eigenvalue weighted by atomic mass is 16.3. The molecule has 0 aromatic heterocycles. The molecular formula is C14H20N2O2. The zero-order valence-corrected chi connectivity index (χ0v) is 10.6. The summed E-state index contributed by atoms with van der Waals surface area (Å²) in [5.41, 5.74) is 0.937. The molecular weight excluding hydrogens is 228 g/mol. The minimum absolute atomic E-state index is 0.00256. The number of benzene rings is 1. The summed E-state index contributed by atoms with van der Waals surface area (Å²) in [6, 6.07) is 9.46. The van der Waals surface area contributed by atoms with E-state index in [1.807, 2.05) is 37.3 Å². The topological polar surface area (TPSA) is 61.4 Å². The average molecular weight is 248 g/mol. The van der Waals surface area contributed by atoms with Gasteiger partial charge in [0.25, 0.3) is 0 Å². The molecule has 1 aromatic carbocycles. The third-order valence-corrected chi connectivity index (χ3v) is 3.56. The highest BCUT2D eigenvalue weighted by molar-refractivity contribution is 5.80. The number of carbonyl (C=O) groups excluding carboxylic acids is 1. The van der Waals surface area contributed by atoms with Crippen LogP contribution in [0.5, 0.6) is 0 Å². The minimum Gasteiger partial charge on any atom is -0.394 e. The van der Waals surface area contributed by atoms with Crippen molar-refractivity contribution in [2.24, 2.45) is 5.92 Å². The lowest BCUT2D eigenvalue weighted by molar-refractivity contribution is -0.126. The molecule has 1 amide bonds. The van der Waals surface area contributed by atoms with Crippen LogP contribution < -0.4 is 10.6 Å². The van der Waals surface area contributed by atoms with E-state index < -0.39 is 0 Å². The highest BCUT2D eigenvalue weighted by Gasteiger charge is 2.30. The number of carbonyl (C=O) groups is 1. The molecule has 4 heteroatoms. The number of amides is 1. The number of aliphatic hydroxyl groups excluding tert-OH is 1. The van der Waals surface area contributed by atoms with Gasteiger partial charge in [-0.15, -0.1) is 0 Å². The molecule has 1 heterocycles. The second kappa shape index (κ2) is 5.98. The largest absolute Gasteiger partial charge is 0.394 e. The number of nitrogens with one attached hydrogen (secondary N) is 2. The van der Waals surface area contributed by atoms with Gasteiger partial charge in [0.2, 0.25) is 5.91 Å². The molecule has 0 bridgehead atoms. The van der Waals surface area contributed by atoms with Gasteiger partial charge in [-0.3, -0.25) is 4.79 Å². The van der Waals surface area contributed by atoms with Crippen molar-refractivity contribution in [2.75, 3.05) is 13.2 Å². The lowest BCUT2D eigenvalue weighted by Crippen LogP contribution is -2.39. The standard InChI is InChI=1S/C14H20N2O2/c1-10-12(7-8-15-10)14(18)16-13(9-17)11-5-3-2-4-6-11/h2-6,10,12-13,15,17H,7-9H2,1H3,(H,16,18). The predicted octanol–water partition coefficient (Wildman–Crippen LogP) is 0.834. The minimum atomic E-state index is -0.313. The van der Waals surface area contributed by atoms with Gasteiger partial charge in [0.15, 0.2) is 0 Å². The van der Waals surface area contributed by atoms with Crippen molar-refractivity contribution in [1.29, 1.82) is 0 Å². The van der Waals surface area contributed by atoms with Gasteiger partial charge in [0.05, 0.1) is 18.6 Å². The van der Waals surface area contributed by atoms with E-state index in [1.165, 1.54) is 0 Å². The molecule has 4 nitrogen and oxygen atoms in total. The predicted molar refractivity (Wildman–Crippen MR) is 70.0 cm³/mol. The van der Waals surface area contributed by atoms with Gasteiger partial charge in [-0.25, -0.2) is 0 Å². The van der Waals surface area contributed by atoms with Crippen LogP contribution in [-0.4, -0.2) is 30.2 Å². The maximum absolute atomic E-state index is 12.1. The smallest absolute Gasteiger partial charge is 0.225 e. The van der Waals surface area contributed by atoms with E-state index in [2.05, 4.69) is 10.6 Å². The summed E-state index contributed by atoms with van der Waals surface area (Å²) in [5, 5.41) is 15.6. The molecule has 0 spiro atoms. The lowest BCUT2D eigenvalue weighted by atomic mass is 9.99. The highest BCUT2D eigenvalue weighted by Crippen LogP contribution is 2.18. The molecule has 1 aliphatic heterocycles. The lowest BCUT2D eigenvalue weighted by Gasteiger charge is -2.21. The van der Waals surface area contributed by atoms with Crippen molar-refractivity contribution >= 4 is 5.91 Å². The van der Waals surface area contributed by atoms with E-state index in [0.717, 1.165) is 18.5 Å². The Balaban J connectivity index is 2.00. The first-order valence-electron chi connectivity index (χ1n) is 6.42. The van der Waals surface area contributed by atoms with E-state index in [9.17, 15) is 9.90 Å². The Hall–Kier alpha value is -1.39. The SMILES string of the molecule is CC1NCCC1C(=O)NC(CO)c1ccccc1. The van der Waals surface area contributed by atoms with Crippen molar-refractivity contribution in [3.63, 3.8) is 0 Å². The Morgan fingerprint density at radius 1 is 1.50 bits per heavy atom. The summed E-state index contributed by atoms with van der Waals surface area (Å²) in [5.74, 6) is 0.0261. The molecule has 1 saturated heterocycles. The van der Waals surface area contributed by atoms with Crippen LogP contribution >= 0.6 is 0 Å². The third kappa shape index (κ3) is 2.89. The van der Waals surface area contributed by atoms with E-state index in [1.54, 1.807) is 0 Å². The van der Waals surface area contributed by atoms with Crippen LogP contribution in [0.15, 0.2) is 30.3 Å². The maximum atomic E-state index is 12.1. The summed E-state index contributed by atoms with van der Waals surface area (Å²) in [7, 11) is 0. The van der Waals surface area contributed by atoms with E-state index in [4.69, 9.17) is 0 Å². The molecule has 98 valence electrons. The second-order valence-corrected chi connectivity index (χ2v) is 4.79. The second-order valence-electron chi connectivity index (χ2n) is 4.79. The van der Waals surface area contributed by atoms with Gasteiger partial charge in [0.1, 0.15) is 0 Å². The molecule has 3 unspecified atom stereocenters. The van der Waals surface area contributed by atoms with Crippen LogP contribution in [-0.2, 0) is 4.79 Å². The number of rotatable bonds is 4. The Kier molecular flexibility index (Phi) is 4.33. The van der Waals surface area contributed by atoms with Crippen LogP contribution in [0.1, 0.15) is 24.9 Å². The third-order valence-electron chi connectivity index (χ3n) is 3.56. The first kappa shape index (κ1) is 13.1. The van der Waals surface area contributed by atoms with Crippen molar-refractivity contribution < 1.29 is 9.90 Å². The van der Waals surface area contributed by atoms with E-state index in [0.29, 0.717) is 0 Å². The van der Waals surface area contributed by atoms with Crippen LogP contribution in [0, 0.1) is 5.92 Å². The number of aliphatic hydroxyl groups is 1. The molecule has 2 rings (SSSR count). The van der Waals surface area contributed by atoms with Crippen LogP contribution in [0.3, 0.4) is 0 Å². The van der Waals surface area contributed by atoms with E-state index >= 15 is 0 Å². The Morgan fingerprint density at radius 3 is 2.78 bits per heavy atom. The summed E-state index contributed by atoms with van der Waals surface area (Å²) < 4.78 is 0. The van der Waals surface area contributed by atoms with Gasteiger partial charge in [-0.1, -0.05) is 30.3 Å². The molecule has 3 atom stereocenters. The molecule has 1 aliphatic rings. The summed E-state index contributed by atoms with van der Waals surface area (Å²) in [6.45, 7) is 2.83. The van der Waals surface area contributed by atoms with Crippen LogP contribution in [0.2, 0.25) is 0 Å². The molecule has 0 radical (unpaired) electrons. The van der Waals surface area contributed by atoms with Crippen molar-refractivity contribution in [1.82, 2.24) is 10.6 Å². The molecule has 18 heavy (non-hydrogen) atoms. The van der Waals surface area contributed by atoms with Gasteiger partial charge in [0, 0.05) is 6.04 Å². The molecule has 0 saturated carbocycles. The fourth-order valence-corrected chi connectivity index (χ4v) is 2.42. The number of hydrogen-bond acceptors (Lipinski definition) is 3. The van der Waals surface area contributed by atoms with Crippen molar-refractivity contribution in [3.05, 3.63) is 35.9 Å². The molecule has 1 fully saturated rings. The molecule has 1 aromatic rings. The summed E-state index contributed by atoms with van der Waals surface area (Å²) >= 11 is 0. The summed E-state index contributed by atoms with van der Waals surface area (Å²) in [6.07, 6.45) is 0.861. The van der Waals surface area contributed by atoms with Crippen molar-refractivity contribution in [3.8, 4) is 0 Å². The van der Waals surface area contributed by atoms with Gasteiger partial charge >= 0.3 is 0 Å². The number of hydrogen-bond donors (Lipinski definition) is 3. The van der Waals surface area contributed by atoms with Gasteiger partial charge < -0.3 is 15.7 Å². The molecule has 0 aliphatic carbocycles. The van der Waals surface area contributed by atoms with Crippen molar-refractivity contribution in [2.45, 2.75) is 25.4 Å². The zero-order chi connectivity index (χ0) is 13.0. The quantitative estimate of drug-likeness (QED) is 0.740. The Labute approximate surface area is 107 Å². The van der Waals surface area contributed by atoms with Crippen LogP contribution in [0.25, 0.3) is 0 Å². The molecule has 3 N–H and O–H groups in total. The zero-order valence-electron chi connectivity index (χ0n) is 10.6. The van der Waals surface area contributed by atoms with Gasteiger partial charge in [-0.05, 0) is 25.5 Å². The fourth-order valence-electron chi connectivity index (χ4n) is 2.42. The Bertz CT molecular complexity index is 394. The average Bonchev–Trinajstić information content (AvgIpc) is 2.83. The first-order chi connectivity index (χ1) is 8.72. The van der Waals surface area contributed by atoms with Gasteiger partial charge in [-0.2, -0.15) is 0 Å². The summed E-state index contributed by atoms with van der Waals surface area (Å²) in [4.78, 5) is 12.1. The normalized spacial score (nSPS) is 24.8. The maximum Gasteiger partial charge on any atom is 0.225 e. The van der Waals surface area contributed by atoms with E-state index in [-0.39, 0.29) is 30.5 Å².